The molecule has 3 heteroatoms. The highest BCUT2D eigenvalue weighted by molar-refractivity contribution is 5.93. The first-order chi connectivity index (χ1) is 10.6. The molecule has 3 aromatic rings. The molecule has 0 radical (unpaired) electrons. The lowest BCUT2D eigenvalue weighted by molar-refractivity contribution is 0.0697. The quantitative estimate of drug-likeness (QED) is 0.706. The maximum atomic E-state index is 11.3. The number of nitrogen functional groups attached to an aromatic ring is 1. The van der Waals surface area contributed by atoms with Gasteiger partial charge in [-0.2, -0.15) is 0 Å². The van der Waals surface area contributed by atoms with E-state index in [0.29, 0.717) is 5.69 Å². The zero-order chi connectivity index (χ0) is 15.5. The summed E-state index contributed by atoms with van der Waals surface area (Å²) in [6.45, 7) is 0. The van der Waals surface area contributed by atoms with E-state index in [-0.39, 0.29) is 5.56 Å². The van der Waals surface area contributed by atoms with Crippen LogP contribution in [0.15, 0.2) is 72.8 Å². The zero-order valence-electron chi connectivity index (χ0n) is 11.9. The van der Waals surface area contributed by atoms with Crippen LogP contribution in [-0.4, -0.2) is 11.1 Å². The molecule has 3 rings (SSSR count). The summed E-state index contributed by atoms with van der Waals surface area (Å²) in [6, 6.07) is 22.5. The molecule has 0 amide bonds. The minimum Gasteiger partial charge on any atom is -0.478 e. The van der Waals surface area contributed by atoms with Crippen LogP contribution in [-0.2, 0) is 0 Å². The molecular weight excluding hydrogens is 274 g/mol. The smallest absolute Gasteiger partial charge is 0.335 e. The van der Waals surface area contributed by atoms with Crippen molar-refractivity contribution in [2.45, 2.75) is 0 Å². The van der Waals surface area contributed by atoms with Gasteiger partial charge in [0, 0.05) is 5.69 Å². The first kappa shape index (κ1) is 13.9. The van der Waals surface area contributed by atoms with E-state index in [1.54, 1.807) is 12.1 Å². The second kappa shape index (κ2) is 5.74. The van der Waals surface area contributed by atoms with Crippen LogP contribution in [0, 0.1) is 0 Å². The second-order valence-corrected chi connectivity index (χ2v) is 5.05. The Morgan fingerprint density at radius 2 is 1.41 bits per heavy atom. The SMILES string of the molecule is Nc1ccc(-c2ccc(C(=O)O)cc2-c2ccccc2)cc1. The van der Waals surface area contributed by atoms with Crippen LogP contribution < -0.4 is 5.73 Å². The van der Waals surface area contributed by atoms with Crippen molar-refractivity contribution >= 4 is 11.7 Å². The summed E-state index contributed by atoms with van der Waals surface area (Å²) in [5.41, 5.74) is 10.6. The summed E-state index contributed by atoms with van der Waals surface area (Å²) in [5, 5.41) is 9.24. The van der Waals surface area contributed by atoms with Gasteiger partial charge in [-0.3, -0.25) is 0 Å². The van der Waals surface area contributed by atoms with Crippen molar-refractivity contribution in [2.24, 2.45) is 0 Å². The van der Waals surface area contributed by atoms with E-state index in [1.807, 2.05) is 60.7 Å². The summed E-state index contributed by atoms with van der Waals surface area (Å²) in [4.78, 5) is 11.3. The third kappa shape index (κ3) is 2.69. The summed E-state index contributed by atoms with van der Waals surface area (Å²) in [6.07, 6.45) is 0. The van der Waals surface area contributed by atoms with Crippen molar-refractivity contribution in [3.63, 3.8) is 0 Å². The Balaban J connectivity index is 2.21. The molecule has 0 aliphatic rings. The Kier molecular flexibility index (Phi) is 3.62. The molecule has 0 fully saturated rings. The van der Waals surface area contributed by atoms with Crippen molar-refractivity contribution < 1.29 is 9.90 Å². The van der Waals surface area contributed by atoms with E-state index in [1.165, 1.54) is 0 Å². The molecule has 0 saturated carbocycles. The van der Waals surface area contributed by atoms with Gasteiger partial charge in [-0.15, -0.1) is 0 Å². The molecule has 3 nitrogen and oxygen atoms in total. The molecule has 22 heavy (non-hydrogen) atoms. The summed E-state index contributed by atoms with van der Waals surface area (Å²) < 4.78 is 0. The zero-order valence-corrected chi connectivity index (χ0v) is 11.9. The Bertz CT molecular complexity index is 809. The Labute approximate surface area is 128 Å². The third-order valence-corrected chi connectivity index (χ3v) is 3.57. The summed E-state index contributed by atoms with van der Waals surface area (Å²) in [7, 11) is 0. The molecule has 0 aromatic heterocycles. The molecule has 3 N–H and O–H groups in total. The highest BCUT2D eigenvalue weighted by Crippen LogP contribution is 2.33. The van der Waals surface area contributed by atoms with Crippen LogP contribution in [0.4, 0.5) is 5.69 Å². The fourth-order valence-corrected chi connectivity index (χ4v) is 2.45. The molecular formula is C19H15NO2. The predicted octanol–water partition coefficient (Wildman–Crippen LogP) is 4.30. The van der Waals surface area contributed by atoms with Crippen molar-refractivity contribution in [3.05, 3.63) is 78.4 Å². The molecule has 0 atom stereocenters. The predicted molar refractivity (Wildman–Crippen MR) is 88.7 cm³/mol. The van der Waals surface area contributed by atoms with Crippen molar-refractivity contribution in [2.75, 3.05) is 5.73 Å². The first-order valence-corrected chi connectivity index (χ1v) is 6.94. The van der Waals surface area contributed by atoms with Crippen molar-refractivity contribution in [3.8, 4) is 22.3 Å². The molecule has 0 bridgehead atoms. The van der Waals surface area contributed by atoms with Crippen molar-refractivity contribution in [1.82, 2.24) is 0 Å². The second-order valence-electron chi connectivity index (χ2n) is 5.05. The minimum absolute atomic E-state index is 0.276. The van der Waals surface area contributed by atoms with Crippen molar-refractivity contribution in [1.29, 1.82) is 0 Å². The Hall–Kier alpha value is -3.07. The molecule has 0 unspecified atom stereocenters. The number of hydrogen-bond acceptors (Lipinski definition) is 2. The van der Waals surface area contributed by atoms with E-state index >= 15 is 0 Å². The van der Waals surface area contributed by atoms with Crippen LogP contribution in [0.25, 0.3) is 22.3 Å². The molecule has 3 aromatic carbocycles. The van der Waals surface area contributed by atoms with Gasteiger partial charge in [0.25, 0.3) is 0 Å². The van der Waals surface area contributed by atoms with E-state index in [0.717, 1.165) is 22.3 Å². The van der Waals surface area contributed by atoms with Gasteiger partial charge >= 0.3 is 5.97 Å². The number of benzene rings is 3. The number of carboxylic acid groups (broad SMARTS) is 1. The lowest BCUT2D eigenvalue weighted by atomic mass is 9.93. The Morgan fingerprint density at radius 1 is 0.773 bits per heavy atom. The highest BCUT2D eigenvalue weighted by Gasteiger charge is 2.11. The van der Waals surface area contributed by atoms with E-state index < -0.39 is 5.97 Å². The van der Waals surface area contributed by atoms with Gasteiger partial charge in [-0.1, -0.05) is 48.5 Å². The minimum atomic E-state index is -0.930. The molecule has 0 heterocycles. The number of rotatable bonds is 3. The Morgan fingerprint density at radius 3 is 2.05 bits per heavy atom. The maximum Gasteiger partial charge on any atom is 0.335 e. The number of aromatic carboxylic acids is 1. The molecule has 0 spiro atoms. The molecule has 108 valence electrons. The first-order valence-electron chi connectivity index (χ1n) is 6.94. The van der Waals surface area contributed by atoms with Gasteiger partial charge in [-0.25, -0.2) is 4.79 Å². The standard InChI is InChI=1S/C19H15NO2/c20-16-9-6-14(7-10-16)17-11-8-15(19(21)22)12-18(17)13-4-2-1-3-5-13/h1-12H,20H2,(H,21,22). The van der Waals surface area contributed by atoms with Crippen LogP contribution in [0.5, 0.6) is 0 Å². The number of carbonyl (C=O) groups is 1. The summed E-state index contributed by atoms with van der Waals surface area (Å²) >= 11 is 0. The number of carboxylic acids is 1. The molecule has 0 aliphatic heterocycles. The average molecular weight is 289 g/mol. The van der Waals surface area contributed by atoms with Crippen LogP contribution in [0.1, 0.15) is 10.4 Å². The van der Waals surface area contributed by atoms with Gasteiger partial charge in [0.1, 0.15) is 0 Å². The van der Waals surface area contributed by atoms with Crippen LogP contribution in [0.3, 0.4) is 0 Å². The van der Waals surface area contributed by atoms with E-state index in [4.69, 9.17) is 5.73 Å². The largest absolute Gasteiger partial charge is 0.478 e. The fraction of sp³-hybridized carbons (Fsp3) is 0. The van der Waals surface area contributed by atoms with Gasteiger partial charge < -0.3 is 10.8 Å². The highest BCUT2D eigenvalue weighted by atomic mass is 16.4. The van der Waals surface area contributed by atoms with Gasteiger partial charge in [0.15, 0.2) is 0 Å². The molecule has 0 aliphatic carbocycles. The van der Waals surface area contributed by atoms with Gasteiger partial charge in [-0.05, 0) is 46.5 Å². The normalized spacial score (nSPS) is 10.4. The number of hydrogen-bond donors (Lipinski definition) is 2. The average Bonchev–Trinajstić information content (AvgIpc) is 2.56. The number of anilines is 1. The lowest BCUT2D eigenvalue weighted by Gasteiger charge is -2.12. The third-order valence-electron chi connectivity index (χ3n) is 3.57. The molecule has 0 saturated heterocycles. The maximum absolute atomic E-state index is 11.3. The van der Waals surface area contributed by atoms with Gasteiger partial charge in [0.05, 0.1) is 5.56 Å². The lowest BCUT2D eigenvalue weighted by Crippen LogP contribution is -1.97. The fourth-order valence-electron chi connectivity index (χ4n) is 2.45. The van der Waals surface area contributed by atoms with Crippen LogP contribution in [0.2, 0.25) is 0 Å². The van der Waals surface area contributed by atoms with E-state index in [2.05, 4.69) is 0 Å². The van der Waals surface area contributed by atoms with E-state index in [9.17, 15) is 9.90 Å². The van der Waals surface area contributed by atoms with Crippen LogP contribution >= 0.6 is 0 Å². The topological polar surface area (TPSA) is 63.3 Å². The monoisotopic (exact) mass is 289 g/mol. The number of nitrogens with two attached hydrogens (primary N) is 1. The summed E-state index contributed by atoms with van der Waals surface area (Å²) in [5.74, 6) is -0.930. The van der Waals surface area contributed by atoms with Gasteiger partial charge in [0.2, 0.25) is 0 Å².